The lowest BCUT2D eigenvalue weighted by atomic mass is 10.1. The lowest BCUT2D eigenvalue weighted by Gasteiger charge is -2.26. The number of carbonyl (C=O) groups is 2. The van der Waals surface area contributed by atoms with Crippen LogP contribution in [0.4, 0.5) is 11.4 Å². The van der Waals surface area contributed by atoms with Crippen LogP contribution in [0, 0.1) is 0 Å². The Morgan fingerprint density at radius 3 is 2.69 bits per heavy atom. The number of carbonyl (C=O) groups excluding carboxylic acids is 1. The van der Waals surface area contributed by atoms with Gasteiger partial charge in [0.05, 0.1) is 11.4 Å². The normalized spacial score (nSPS) is 18.2. The first-order valence-corrected chi connectivity index (χ1v) is 5.05. The molecule has 0 aromatic heterocycles. The monoisotopic (exact) mass is 220 g/mol. The molecule has 0 unspecified atom stereocenters. The summed E-state index contributed by atoms with van der Waals surface area (Å²) in [6, 6.07) is 6.87. The fraction of sp³-hybridized carbons (Fsp3) is 0.273. The third-order valence-corrected chi connectivity index (χ3v) is 2.48. The number of anilines is 2. The van der Waals surface area contributed by atoms with Gasteiger partial charge in [-0.3, -0.25) is 9.59 Å². The van der Waals surface area contributed by atoms with E-state index >= 15 is 0 Å². The summed E-state index contributed by atoms with van der Waals surface area (Å²) in [6.45, 7) is 0. The zero-order valence-corrected chi connectivity index (χ0v) is 8.56. The van der Waals surface area contributed by atoms with E-state index in [-0.39, 0.29) is 18.7 Å². The lowest BCUT2D eigenvalue weighted by molar-refractivity contribution is -0.137. The van der Waals surface area contributed by atoms with Gasteiger partial charge in [-0.15, -0.1) is 0 Å². The van der Waals surface area contributed by atoms with Gasteiger partial charge in [0, 0.05) is 6.42 Å². The Kier molecular flexibility index (Phi) is 2.76. The first-order valence-electron chi connectivity index (χ1n) is 5.05. The van der Waals surface area contributed by atoms with Crippen molar-refractivity contribution < 1.29 is 14.7 Å². The second-order valence-corrected chi connectivity index (χ2v) is 3.66. The first-order chi connectivity index (χ1) is 7.66. The molecule has 5 nitrogen and oxygen atoms in total. The van der Waals surface area contributed by atoms with Crippen LogP contribution in [0.5, 0.6) is 0 Å². The van der Waals surface area contributed by atoms with Crippen LogP contribution in [0.1, 0.15) is 12.8 Å². The molecule has 0 spiro atoms. The van der Waals surface area contributed by atoms with Gasteiger partial charge in [-0.05, 0) is 18.6 Å². The Morgan fingerprint density at radius 2 is 2.00 bits per heavy atom. The molecule has 1 aliphatic heterocycles. The second kappa shape index (κ2) is 4.22. The fourth-order valence-electron chi connectivity index (χ4n) is 1.66. The number of amides is 1. The summed E-state index contributed by atoms with van der Waals surface area (Å²) < 4.78 is 0. The van der Waals surface area contributed by atoms with Crippen LogP contribution < -0.4 is 10.6 Å². The van der Waals surface area contributed by atoms with Crippen molar-refractivity contribution >= 4 is 23.3 Å². The summed E-state index contributed by atoms with van der Waals surface area (Å²) >= 11 is 0. The Labute approximate surface area is 92.5 Å². The van der Waals surface area contributed by atoms with Crippen LogP contribution in [-0.2, 0) is 9.59 Å². The fourth-order valence-corrected chi connectivity index (χ4v) is 1.66. The third-order valence-electron chi connectivity index (χ3n) is 2.48. The van der Waals surface area contributed by atoms with Crippen molar-refractivity contribution in [2.24, 2.45) is 0 Å². The number of hydrogen-bond acceptors (Lipinski definition) is 3. The van der Waals surface area contributed by atoms with Gasteiger partial charge < -0.3 is 15.7 Å². The molecule has 0 saturated heterocycles. The predicted octanol–water partition coefficient (Wildman–Crippen LogP) is 1.28. The van der Waals surface area contributed by atoms with Crippen molar-refractivity contribution in [3.8, 4) is 0 Å². The Hall–Kier alpha value is -2.04. The highest BCUT2D eigenvalue weighted by molar-refractivity contribution is 6.03. The number of fused-ring (bicyclic) bond motifs is 1. The largest absolute Gasteiger partial charge is 0.481 e. The standard InChI is InChI=1S/C11H12N2O3/c14-10(15)6-5-9-11(16)13-8-4-2-1-3-7(8)12-9/h1-4,9,12H,5-6H2,(H,13,16)(H,14,15)/t9-/m1/s1. The molecule has 84 valence electrons. The Balaban J connectivity index is 2.09. The topological polar surface area (TPSA) is 78.4 Å². The minimum Gasteiger partial charge on any atom is -0.481 e. The highest BCUT2D eigenvalue weighted by Crippen LogP contribution is 2.26. The molecule has 1 atom stereocenters. The van der Waals surface area contributed by atoms with Crippen LogP contribution in [0.3, 0.4) is 0 Å². The van der Waals surface area contributed by atoms with Gasteiger partial charge in [-0.25, -0.2) is 0 Å². The van der Waals surface area contributed by atoms with E-state index < -0.39 is 12.0 Å². The summed E-state index contributed by atoms with van der Waals surface area (Å²) in [5, 5.41) is 14.3. The number of rotatable bonds is 3. The lowest BCUT2D eigenvalue weighted by Crippen LogP contribution is -2.39. The average molecular weight is 220 g/mol. The van der Waals surface area contributed by atoms with E-state index in [4.69, 9.17) is 5.11 Å². The van der Waals surface area contributed by atoms with E-state index in [0.717, 1.165) is 11.4 Å². The van der Waals surface area contributed by atoms with Crippen LogP contribution in [-0.4, -0.2) is 23.0 Å². The molecule has 2 rings (SSSR count). The minimum atomic E-state index is -0.895. The molecule has 0 fully saturated rings. The summed E-state index contributed by atoms with van der Waals surface area (Å²) in [5.41, 5.74) is 1.57. The van der Waals surface area contributed by atoms with Crippen LogP contribution >= 0.6 is 0 Å². The van der Waals surface area contributed by atoms with Crippen molar-refractivity contribution in [2.45, 2.75) is 18.9 Å². The first kappa shape index (κ1) is 10.5. The van der Waals surface area contributed by atoms with Gasteiger partial charge in [0.2, 0.25) is 5.91 Å². The van der Waals surface area contributed by atoms with Gasteiger partial charge in [0.1, 0.15) is 6.04 Å². The van der Waals surface area contributed by atoms with E-state index in [1.165, 1.54) is 0 Å². The Bertz CT molecular complexity index is 431. The van der Waals surface area contributed by atoms with E-state index in [1.54, 1.807) is 6.07 Å². The van der Waals surface area contributed by atoms with E-state index in [1.807, 2.05) is 18.2 Å². The van der Waals surface area contributed by atoms with Gasteiger partial charge in [0.25, 0.3) is 0 Å². The van der Waals surface area contributed by atoms with Gasteiger partial charge in [-0.2, -0.15) is 0 Å². The SMILES string of the molecule is O=C(O)CC[C@H]1Nc2ccccc2NC1=O. The molecule has 1 amide bonds. The van der Waals surface area contributed by atoms with Gasteiger partial charge >= 0.3 is 5.97 Å². The molecule has 16 heavy (non-hydrogen) atoms. The molecule has 0 saturated carbocycles. The van der Waals surface area contributed by atoms with E-state index in [2.05, 4.69) is 10.6 Å². The zero-order valence-electron chi connectivity index (χ0n) is 8.56. The number of carboxylic acids is 1. The number of hydrogen-bond donors (Lipinski definition) is 3. The van der Waals surface area contributed by atoms with E-state index in [0.29, 0.717) is 0 Å². The van der Waals surface area contributed by atoms with Gasteiger partial charge in [-0.1, -0.05) is 12.1 Å². The van der Waals surface area contributed by atoms with Crippen LogP contribution in [0.15, 0.2) is 24.3 Å². The summed E-state index contributed by atoms with van der Waals surface area (Å²) in [7, 11) is 0. The van der Waals surface area contributed by atoms with Crippen molar-refractivity contribution in [2.75, 3.05) is 10.6 Å². The number of aliphatic carboxylic acids is 1. The van der Waals surface area contributed by atoms with Crippen LogP contribution in [0.2, 0.25) is 0 Å². The van der Waals surface area contributed by atoms with Crippen molar-refractivity contribution in [1.29, 1.82) is 0 Å². The van der Waals surface area contributed by atoms with Crippen molar-refractivity contribution in [1.82, 2.24) is 0 Å². The molecule has 1 heterocycles. The third kappa shape index (κ3) is 2.13. The molecule has 3 N–H and O–H groups in total. The molecule has 0 radical (unpaired) electrons. The molecule has 1 aromatic carbocycles. The number of para-hydroxylation sites is 2. The van der Waals surface area contributed by atoms with Crippen LogP contribution in [0.25, 0.3) is 0 Å². The smallest absolute Gasteiger partial charge is 0.303 e. The number of carboxylic acid groups (broad SMARTS) is 1. The minimum absolute atomic E-state index is 0.0206. The highest BCUT2D eigenvalue weighted by Gasteiger charge is 2.25. The quantitative estimate of drug-likeness (QED) is 0.717. The molecule has 5 heteroatoms. The second-order valence-electron chi connectivity index (χ2n) is 3.66. The molecule has 0 aliphatic carbocycles. The van der Waals surface area contributed by atoms with Crippen molar-refractivity contribution in [3.05, 3.63) is 24.3 Å². The van der Waals surface area contributed by atoms with Gasteiger partial charge in [0.15, 0.2) is 0 Å². The highest BCUT2D eigenvalue weighted by atomic mass is 16.4. The number of nitrogens with one attached hydrogen (secondary N) is 2. The predicted molar refractivity (Wildman–Crippen MR) is 59.4 cm³/mol. The molecule has 0 bridgehead atoms. The maximum absolute atomic E-state index is 11.6. The zero-order chi connectivity index (χ0) is 11.5. The summed E-state index contributed by atoms with van der Waals surface area (Å²) in [5.74, 6) is -1.08. The Morgan fingerprint density at radius 1 is 1.31 bits per heavy atom. The van der Waals surface area contributed by atoms with E-state index in [9.17, 15) is 9.59 Å². The average Bonchev–Trinajstić information content (AvgIpc) is 2.26. The molecule has 1 aliphatic rings. The molecular formula is C11H12N2O3. The maximum atomic E-state index is 11.6. The summed E-state index contributed by atoms with van der Waals surface area (Å²) in [6.07, 6.45) is 0.267. The maximum Gasteiger partial charge on any atom is 0.303 e. The summed E-state index contributed by atoms with van der Waals surface area (Å²) in [4.78, 5) is 22.0. The number of benzene rings is 1. The molecule has 1 aromatic rings. The molecular weight excluding hydrogens is 208 g/mol. The van der Waals surface area contributed by atoms with Crippen molar-refractivity contribution in [3.63, 3.8) is 0 Å².